The van der Waals surface area contributed by atoms with E-state index >= 15 is 0 Å². The van der Waals surface area contributed by atoms with E-state index < -0.39 is 16.5 Å². The summed E-state index contributed by atoms with van der Waals surface area (Å²) in [5.74, 6) is 0. The Morgan fingerprint density at radius 1 is 1.56 bits per heavy atom. The van der Waals surface area contributed by atoms with Gasteiger partial charge in [-0.3, -0.25) is 0 Å². The van der Waals surface area contributed by atoms with Crippen LogP contribution in [0.2, 0.25) is 0 Å². The van der Waals surface area contributed by atoms with E-state index in [9.17, 15) is 0 Å². The van der Waals surface area contributed by atoms with Crippen molar-refractivity contribution in [1.82, 2.24) is 0 Å². The Morgan fingerprint density at radius 3 is 2.11 bits per heavy atom. The molecular weight excluding hydrogens is 207 g/mol. The van der Waals surface area contributed by atoms with Gasteiger partial charge >= 0.3 is 0 Å². The van der Waals surface area contributed by atoms with Crippen LogP contribution in [0.15, 0.2) is 0 Å². The van der Waals surface area contributed by atoms with Gasteiger partial charge in [-0.2, -0.15) is 0 Å². The first-order valence-electron chi connectivity index (χ1n) is 2.73. The molecule has 9 heavy (non-hydrogen) atoms. The van der Waals surface area contributed by atoms with Crippen molar-refractivity contribution in [2.24, 2.45) is 0 Å². The fraction of sp³-hybridized carbons (Fsp3) is 1.00. The number of aliphatic hydroxyl groups is 2. The molecule has 0 fully saturated rings. The molecule has 0 aromatic heterocycles. The number of rotatable bonds is 3. The van der Waals surface area contributed by atoms with Gasteiger partial charge in [0, 0.05) is 0 Å². The Balaban J connectivity index is 3.58. The van der Waals surface area contributed by atoms with Crippen LogP contribution in [0.5, 0.6) is 0 Å². The molecule has 0 aromatic rings. The van der Waals surface area contributed by atoms with E-state index in [-0.39, 0.29) is 0 Å². The summed E-state index contributed by atoms with van der Waals surface area (Å²) < 4.78 is 0. The van der Waals surface area contributed by atoms with Crippen molar-refractivity contribution >= 4 is 27.5 Å². The first-order valence-corrected chi connectivity index (χ1v) is 4.09. The molecule has 4 heteroatoms. The zero-order valence-electron chi connectivity index (χ0n) is 5.09. The van der Waals surface area contributed by atoms with E-state index in [2.05, 4.69) is 15.9 Å². The van der Waals surface area contributed by atoms with Gasteiger partial charge in [-0.25, -0.2) is 0 Å². The second-order valence-electron chi connectivity index (χ2n) is 1.79. The van der Waals surface area contributed by atoms with E-state index in [0.717, 1.165) is 0 Å². The third-order valence-electron chi connectivity index (χ3n) is 1.05. The van der Waals surface area contributed by atoms with Crippen LogP contribution < -0.4 is 0 Å². The van der Waals surface area contributed by atoms with Crippen molar-refractivity contribution in [3.8, 4) is 0 Å². The predicted octanol–water partition coefficient (Wildman–Crippen LogP) is 1.08. The normalized spacial score (nSPS) is 21.0. The van der Waals surface area contributed by atoms with Crippen LogP contribution in [0.4, 0.5) is 0 Å². The molecule has 0 aliphatic heterocycles. The minimum absolute atomic E-state index is 0.552. The molecule has 2 N–H and O–H groups in total. The summed E-state index contributed by atoms with van der Waals surface area (Å²) in [5.41, 5.74) is 0. The van der Waals surface area contributed by atoms with Gasteiger partial charge in [-0.15, -0.1) is 11.6 Å². The first-order chi connectivity index (χ1) is 4.09. The predicted molar refractivity (Wildman–Crippen MR) is 40.9 cm³/mol. The summed E-state index contributed by atoms with van der Waals surface area (Å²) in [5, 5.41) is 16.3. The number of aliphatic hydroxyl groups excluding tert-OH is 2. The minimum Gasteiger partial charge on any atom is -0.391 e. The molecule has 2 nitrogen and oxygen atoms in total. The Labute approximate surface area is 68.0 Å². The molecule has 0 bridgehead atoms. The molecule has 0 rings (SSSR count). The third-order valence-corrected chi connectivity index (χ3v) is 2.45. The van der Waals surface area contributed by atoms with Crippen LogP contribution in [0, 0.1) is 0 Å². The average molecular weight is 217 g/mol. The molecular formula is C5H10BrClO2. The van der Waals surface area contributed by atoms with Gasteiger partial charge in [0.2, 0.25) is 0 Å². The second-order valence-corrected chi connectivity index (χ2v) is 3.23. The lowest BCUT2D eigenvalue weighted by atomic mass is 10.2. The Bertz CT molecular complexity index is 79.4. The highest BCUT2D eigenvalue weighted by atomic mass is 79.9. The van der Waals surface area contributed by atoms with Gasteiger partial charge in [-0.05, 0) is 6.42 Å². The number of hydrogen-bond donors (Lipinski definition) is 2. The summed E-state index contributed by atoms with van der Waals surface area (Å²) in [6.45, 7) is 1.80. The van der Waals surface area contributed by atoms with Crippen molar-refractivity contribution in [1.29, 1.82) is 0 Å². The van der Waals surface area contributed by atoms with Gasteiger partial charge in [0.05, 0.1) is 11.5 Å². The smallest absolute Gasteiger partial charge is 0.127 e. The van der Waals surface area contributed by atoms with Crippen molar-refractivity contribution in [2.75, 3.05) is 0 Å². The van der Waals surface area contributed by atoms with E-state index in [4.69, 9.17) is 21.8 Å². The molecule has 0 amide bonds. The van der Waals surface area contributed by atoms with E-state index in [0.29, 0.717) is 6.42 Å². The van der Waals surface area contributed by atoms with Crippen LogP contribution in [0.25, 0.3) is 0 Å². The minimum atomic E-state index is -0.825. The monoisotopic (exact) mass is 216 g/mol. The van der Waals surface area contributed by atoms with Crippen molar-refractivity contribution in [3.05, 3.63) is 0 Å². The van der Waals surface area contributed by atoms with Crippen LogP contribution in [0.1, 0.15) is 13.3 Å². The molecule has 0 saturated heterocycles. The van der Waals surface area contributed by atoms with Crippen molar-refractivity contribution < 1.29 is 10.2 Å². The molecule has 0 aliphatic carbocycles. The summed E-state index contributed by atoms with van der Waals surface area (Å²) in [6.07, 6.45) is -0.0855. The SMILES string of the molecule is CCC(O)C(Cl)C(O)Br. The number of alkyl halides is 2. The van der Waals surface area contributed by atoms with Crippen molar-refractivity contribution in [2.45, 2.75) is 29.8 Å². The van der Waals surface area contributed by atoms with E-state index in [1.54, 1.807) is 6.92 Å². The maximum atomic E-state index is 8.97. The van der Waals surface area contributed by atoms with Gasteiger partial charge in [-0.1, -0.05) is 22.9 Å². The highest BCUT2D eigenvalue weighted by molar-refractivity contribution is 9.09. The number of halogens is 2. The first kappa shape index (κ1) is 9.69. The molecule has 0 saturated carbocycles. The summed E-state index contributed by atoms with van der Waals surface area (Å²) in [7, 11) is 0. The maximum Gasteiger partial charge on any atom is 0.127 e. The summed E-state index contributed by atoms with van der Waals surface area (Å²) >= 11 is 8.36. The lowest BCUT2D eigenvalue weighted by molar-refractivity contribution is 0.125. The molecule has 0 heterocycles. The summed E-state index contributed by atoms with van der Waals surface area (Å²) in [6, 6.07) is 0. The van der Waals surface area contributed by atoms with Crippen LogP contribution in [-0.4, -0.2) is 26.7 Å². The van der Waals surface area contributed by atoms with Crippen LogP contribution >= 0.6 is 27.5 Å². The highest BCUT2D eigenvalue weighted by Crippen LogP contribution is 2.14. The molecule has 3 atom stereocenters. The molecule has 3 unspecified atom stereocenters. The van der Waals surface area contributed by atoms with Gasteiger partial charge in [0.1, 0.15) is 5.01 Å². The Hall–Kier alpha value is 0.690. The molecule has 0 radical (unpaired) electrons. The Morgan fingerprint density at radius 2 is 2.00 bits per heavy atom. The van der Waals surface area contributed by atoms with Crippen molar-refractivity contribution in [3.63, 3.8) is 0 Å². The van der Waals surface area contributed by atoms with E-state index in [1.807, 2.05) is 0 Å². The second kappa shape index (κ2) is 4.50. The topological polar surface area (TPSA) is 40.5 Å². The van der Waals surface area contributed by atoms with Crippen LogP contribution in [0.3, 0.4) is 0 Å². The van der Waals surface area contributed by atoms with Gasteiger partial charge in [0.15, 0.2) is 0 Å². The molecule has 0 aromatic carbocycles. The average Bonchev–Trinajstić information content (AvgIpc) is 1.84. The quantitative estimate of drug-likeness (QED) is 0.695. The maximum absolute atomic E-state index is 8.97. The molecule has 56 valence electrons. The Kier molecular flexibility index (Phi) is 4.84. The highest BCUT2D eigenvalue weighted by Gasteiger charge is 2.20. The largest absolute Gasteiger partial charge is 0.391 e. The molecule has 0 aliphatic rings. The zero-order chi connectivity index (χ0) is 7.44. The van der Waals surface area contributed by atoms with Gasteiger partial charge < -0.3 is 10.2 Å². The zero-order valence-corrected chi connectivity index (χ0v) is 7.43. The summed E-state index contributed by atoms with van der Waals surface area (Å²) in [4.78, 5) is 0. The fourth-order valence-electron chi connectivity index (χ4n) is 0.408. The third kappa shape index (κ3) is 3.40. The standard InChI is InChI=1S/C5H10BrClO2/c1-2-3(8)4(7)5(6)9/h3-5,8-9H,2H2,1H3. The lowest BCUT2D eigenvalue weighted by Gasteiger charge is -2.15. The molecule has 0 spiro atoms. The fourth-order valence-corrected chi connectivity index (χ4v) is 0.939. The van der Waals surface area contributed by atoms with Crippen LogP contribution in [-0.2, 0) is 0 Å². The number of hydrogen-bond acceptors (Lipinski definition) is 2. The van der Waals surface area contributed by atoms with E-state index in [1.165, 1.54) is 0 Å². The lowest BCUT2D eigenvalue weighted by Crippen LogP contribution is -2.28. The van der Waals surface area contributed by atoms with Gasteiger partial charge in [0.25, 0.3) is 0 Å².